The van der Waals surface area contributed by atoms with Crippen molar-refractivity contribution in [3.63, 3.8) is 0 Å². The number of halogens is 2. The molecule has 3 unspecified atom stereocenters. The number of furan rings is 1. The fourth-order valence-electron chi connectivity index (χ4n) is 4.40. The standard InChI is InChI=1S/C29H28Cl2NO7PS/c1-40(20-8-6-18-10-11-39-26(18)15-20)16-25(33)19-7-9-22(30)27(23(31)14-19)28(34)32-24(29(35)36)13-17-4-3-5-21(12-17)41(2,37)38/h3-6,8-12,14-15,24-25,33H,7,13,16H2,1-2H3,(H,32,34)(H,35,36). The molecule has 1 aliphatic rings. The van der Waals surface area contributed by atoms with E-state index in [9.17, 15) is 28.2 Å². The van der Waals surface area contributed by atoms with Crippen LogP contribution < -0.4 is 10.6 Å². The van der Waals surface area contributed by atoms with Crippen molar-refractivity contribution in [2.45, 2.75) is 29.9 Å². The number of rotatable bonds is 10. The SMILES string of the molecule is CP(CC(O)C1=CC(Cl)=C(C(=O)NC(Cc2cccc(S(C)(=O)=O)c2)C(=O)O)C(Cl)=CC1)c1ccc2ccoc2c1. The third kappa shape index (κ3) is 7.67. The van der Waals surface area contributed by atoms with Crippen LogP contribution >= 0.6 is 31.1 Å². The molecule has 3 aromatic rings. The lowest BCUT2D eigenvalue weighted by Crippen LogP contribution is -2.43. The summed E-state index contributed by atoms with van der Waals surface area (Å²) in [6.07, 6.45) is 5.40. The molecule has 216 valence electrons. The number of aliphatic hydroxyl groups is 1. The fourth-order valence-corrected chi connectivity index (χ4v) is 7.36. The highest BCUT2D eigenvalue weighted by atomic mass is 35.5. The maximum atomic E-state index is 13.2. The topological polar surface area (TPSA) is 134 Å². The van der Waals surface area contributed by atoms with Gasteiger partial charge in [0.1, 0.15) is 11.6 Å². The van der Waals surface area contributed by atoms with E-state index in [4.69, 9.17) is 27.6 Å². The van der Waals surface area contributed by atoms with E-state index < -0.39 is 41.8 Å². The van der Waals surface area contributed by atoms with Crippen molar-refractivity contribution in [1.82, 2.24) is 5.32 Å². The number of carbonyl (C=O) groups is 2. The number of fused-ring (bicyclic) bond motifs is 1. The molecule has 0 saturated heterocycles. The molecule has 1 aromatic heterocycles. The fraction of sp³-hybridized carbons (Fsp3) is 0.241. The molecular formula is C29H28Cl2NO7PS. The Hall–Kier alpha value is -2.94. The number of carboxylic acid groups (broad SMARTS) is 1. The first-order valence-corrected chi connectivity index (χ1v) is 17.1. The van der Waals surface area contributed by atoms with E-state index in [0.717, 1.165) is 22.5 Å². The van der Waals surface area contributed by atoms with Gasteiger partial charge >= 0.3 is 5.97 Å². The molecular weight excluding hydrogens is 608 g/mol. The summed E-state index contributed by atoms with van der Waals surface area (Å²) < 4.78 is 29.3. The quantitative estimate of drug-likeness (QED) is 0.275. The molecule has 3 atom stereocenters. The summed E-state index contributed by atoms with van der Waals surface area (Å²) in [5.74, 6) is -2.12. The van der Waals surface area contributed by atoms with Gasteiger partial charge in [0.15, 0.2) is 9.84 Å². The van der Waals surface area contributed by atoms with Crippen molar-refractivity contribution < 1.29 is 32.6 Å². The maximum Gasteiger partial charge on any atom is 0.326 e. The maximum absolute atomic E-state index is 13.2. The van der Waals surface area contributed by atoms with Gasteiger partial charge in [0.25, 0.3) is 5.91 Å². The Labute approximate surface area is 249 Å². The Balaban J connectivity index is 1.50. The lowest BCUT2D eigenvalue weighted by molar-refractivity contribution is -0.141. The van der Waals surface area contributed by atoms with E-state index in [1.54, 1.807) is 18.4 Å². The van der Waals surface area contributed by atoms with Gasteiger partial charge in [-0.05, 0) is 59.9 Å². The van der Waals surface area contributed by atoms with E-state index in [1.165, 1.54) is 24.3 Å². The molecule has 0 spiro atoms. The van der Waals surface area contributed by atoms with Gasteiger partial charge in [-0.1, -0.05) is 61.5 Å². The number of benzene rings is 2. The number of carboxylic acids is 1. The van der Waals surface area contributed by atoms with Gasteiger partial charge < -0.3 is 19.9 Å². The molecule has 4 rings (SSSR count). The molecule has 0 aliphatic heterocycles. The van der Waals surface area contributed by atoms with Gasteiger partial charge in [0, 0.05) is 24.2 Å². The number of amides is 1. The Morgan fingerprint density at radius 1 is 1.15 bits per heavy atom. The summed E-state index contributed by atoms with van der Waals surface area (Å²) in [7, 11) is -4.25. The van der Waals surface area contributed by atoms with E-state index in [2.05, 4.69) is 12.0 Å². The molecule has 41 heavy (non-hydrogen) atoms. The van der Waals surface area contributed by atoms with Crippen molar-refractivity contribution in [2.75, 3.05) is 19.1 Å². The van der Waals surface area contributed by atoms with Gasteiger partial charge in [0.2, 0.25) is 0 Å². The van der Waals surface area contributed by atoms with Gasteiger partial charge in [-0.2, -0.15) is 0 Å². The van der Waals surface area contributed by atoms with Crippen molar-refractivity contribution in [1.29, 1.82) is 0 Å². The summed E-state index contributed by atoms with van der Waals surface area (Å²) in [4.78, 5) is 25.2. The van der Waals surface area contributed by atoms with Crippen LogP contribution in [0.3, 0.4) is 0 Å². The minimum atomic E-state index is -3.50. The Kier molecular flexibility index (Phi) is 9.77. The highest BCUT2D eigenvalue weighted by Gasteiger charge is 2.27. The van der Waals surface area contributed by atoms with Crippen molar-refractivity contribution in [2.24, 2.45) is 0 Å². The van der Waals surface area contributed by atoms with Gasteiger partial charge in [-0.15, -0.1) is 0 Å². The first kappa shape index (κ1) is 31.0. The molecule has 12 heteroatoms. The molecule has 1 heterocycles. The normalized spacial score (nSPS) is 16.4. The third-order valence-corrected chi connectivity index (χ3v) is 10.5. The number of sulfone groups is 1. The first-order valence-electron chi connectivity index (χ1n) is 12.5. The molecule has 0 fully saturated rings. The molecule has 1 amide bonds. The third-order valence-electron chi connectivity index (χ3n) is 6.66. The van der Waals surface area contributed by atoms with Crippen LogP contribution in [0, 0.1) is 0 Å². The van der Waals surface area contributed by atoms with E-state index in [-0.39, 0.29) is 33.4 Å². The molecule has 1 aliphatic carbocycles. The van der Waals surface area contributed by atoms with E-state index in [0.29, 0.717) is 17.3 Å². The predicted octanol–water partition coefficient (Wildman–Crippen LogP) is 4.69. The number of aliphatic hydroxyl groups excluding tert-OH is 1. The zero-order valence-corrected chi connectivity index (χ0v) is 25.4. The highest BCUT2D eigenvalue weighted by Crippen LogP contribution is 2.36. The smallest absolute Gasteiger partial charge is 0.326 e. The van der Waals surface area contributed by atoms with Crippen LogP contribution in [-0.4, -0.2) is 61.7 Å². The van der Waals surface area contributed by atoms with Gasteiger partial charge in [-0.3, -0.25) is 4.79 Å². The number of hydrogen-bond donors (Lipinski definition) is 3. The average molecular weight is 636 g/mol. The lowest BCUT2D eigenvalue weighted by Gasteiger charge is -2.19. The molecule has 0 bridgehead atoms. The summed E-state index contributed by atoms with van der Waals surface area (Å²) >= 11 is 12.9. The number of allylic oxidation sites excluding steroid dienone is 3. The molecule has 2 aromatic carbocycles. The second kappa shape index (κ2) is 12.9. The molecule has 8 nitrogen and oxygen atoms in total. The lowest BCUT2D eigenvalue weighted by atomic mass is 10.1. The van der Waals surface area contributed by atoms with Crippen LogP contribution in [-0.2, 0) is 25.8 Å². The number of hydrogen-bond acceptors (Lipinski definition) is 6. The van der Waals surface area contributed by atoms with Gasteiger partial charge in [-0.25, -0.2) is 13.2 Å². The van der Waals surface area contributed by atoms with Crippen LogP contribution in [0.25, 0.3) is 11.0 Å². The van der Waals surface area contributed by atoms with Crippen molar-refractivity contribution in [3.05, 3.63) is 93.7 Å². The second-order valence-electron chi connectivity index (χ2n) is 9.73. The van der Waals surface area contributed by atoms with Crippen molar-refractivity contribution >= 4 is 69.1 Å². The summed E-state index contributed by atoms with van der Waals surface area (Å²) in [6.45, 7) is 2.05. The Bertz CT molecular complexity index is 1690. The zero-order valence-electron chi connectivity index (χ0n) is 22.2. The first-order chi connectivity index (χ1) is 19.3. The summed E-state index contributed by atoms with van der Waals surface area (Å²) in [6, 6.07) is 12.3. The predicted molar refractivity (Wildman–Crippen MR) is 162 cm³/mol. The Morgan fingerprint density at radius 2 is 1.90 bits per heavy atom. The largest absolute Gasteiger partial charge is 0.480 e. The average Bonchev–Trinajstić information content (AvgIpc) is 3.32. The van der Waals surface area contributed by atoms with Crippen LogP contribution in [0.5, 0.6) is 0 Å². The van der Waals surface area contributed by atoms with Crippen LogP contribution in [0.4, 0.5) is 0 Å². The van der Waals surface area contributed by atoms with Gasteiger partial charge in [0.05, 0.1) is 32.9 Å². The van der Waals surface area contributed by atoms with Crippen LogP contribution in [0.1, 0.15) is 12.0 Å². The second-order valence-corrected chi connectivity index (χ2v) is 14.8. The number of carbonyl (C=O) groups excluding carboxylic acids is 1. The van der Waals surface area contributed by atoms with E-state index in [1.807, 2.05) is 24.3 Å². The molecule has 3 N–H and O–H groups in total. The highest BCUT2D eigenvalue weighted by molar-refractivity contribution is 7.90. The monoisotopic (exact) mass is 635 g/mol. The summed E-state index contributed by atoms with van der Waals surface area (Å²) in [5.41, 5.74) is 1.64. The molecule has 0 saturated carbocycles. The van der Waals surface area contributed by atoms with Crippen molar-refractivity contribution in [3.8, 4) is 0 Å². The number of aliphatic carboxylic acids is 1. The molecule has 0 radical (unpaired) electrons. The van der Waals surface area contributed by atoms with Crippen LogP contribution in [0.2, 0.25) is 0 Å². The minimum absolute atomic E-state index is 0.0243. The number of nitrogens with one attached hydrogen (secondary N) is 1. The Morgan fingerprint density at radius 3 is 2.61 bits per heavy atom. The minimum Gasteiger partial charge on any atom is -0.480 e. The zero-order chi connectivity index (χ0) is 29.9. The van der Waals surface area contributed by atoms with E-state index >= 15 is 0 Å². The summed E-state index contributed by atoms with van der Waals surface area (Å²) in [5, 5.41) is 25.3. The van der Waals surface area contributed by atoms with Crippen LogP contribution in [0.15, 0.2) is 97.5 Å².